The molecule has 1 aliphatic heterocycles. The number of anilines is 1. The number of carbonyl (C=O) groups is 2. The van der Waals surface area contributed by atoms with Crippen LogP contribution in [0, 0.1) is 0 Å². The van der Waals surface area contributed by atoms with Gasteiger partial charge in [-0.1, -0.05) is 76.4 Å². The van der Waals surface area contributed by atoms with E-state index in [-0.39, 0.29) is 28.8 Å². The van der Waals surface area contributed by atoms with Crippen molar-refractivity contribution in [2.24, 2.45) is 0 Å². The lowest BCUT2D eigenvalue weighted by Crippen LogP contribution is -2.30. The third-order valence-electron chi connectivity index (χ3n) is 5.95. The molecule has 2 amide bonds. The van der Waals surface area contributed by atoms with E-state index in [0.717, 1.165) is 17.7 Å². The number of amides is 2. The van der Waals surface area contributed by atoms with E-state index in [1.807, 2.05) is 24.3 Å². The molecule has 0 aliphatic carbocycles. The number of nitrogens with zero attached hydrogens (tertiary/aromatic N) is 4. The monoisotopic (exact) mass is 605 g/mol. The van der Waals surface area contributed by atoms with Crippen molar-refractivity contribution in [1.82, 2.24) is 20.1 Å². The second-order valence-electron chi connectivity index (χ2n) is 8.35. The van der Waals surface area contributed by atoms with Crippen molar-refractivity contribution >= 4 is 75.7 Å². The topological polar surface area (TPSA) is 80.1 Å². The largest absolute Gasteiger partial charge is 0.345 e. The van der Waals surface area contributed by atoms with Crippen LogP contribution in [0.25, 0.3) is 5.69 Å². The minimum Gasteiger partial charge on any atom is -0.345 e. The molecule has 194 valence electrons. The first kappa shape index (κ1) is 26.8. The number of para-hydroxylation sites is 1. The number of fused-ring (bicyclic) bond motifs is 1. The quantitative estimate of drug-likeness (QED) is 0.243. The minimum atomic E-state index is -0.418. The van der Waals surface area contributed by atoms with Crippen LogP contribution in [-0.4, -0.2) is 38.9 Å². The summed E-state index contributed by atoms with van der Waals surface area (Å²) in [5.74, 6) is 0.127. The molecule has 1 aromatic heterocycles. The van der Waals surface area contributed by atoms with Gasteiger partial charge in [0.15, 0.2) is 11.0 Å². The molecule has 0 unspecified atom stereocenters. The Labute approximate surface area is 243 Å². The lowest BCUT2D eigenvalue weighted by atomic mass is 10.2. The Morgan fingerprint density at radius 2 is 1.71 bits per heavy atom. The van der Waals surface area contributed by atoms with Gasteiger partial charge in [0.1, 0.15) is 0 Å². The van der Waals surface area contributed by atoms with Gasteiger partial charge in [-0.05, 0) is 54.4 Å². The zero-order valence-corrected chi connectivity index (χ0v) is 23.5. The van der Waals surface area contributed by atoms with E-state index in [2.05, 4.69) is 15.5 Å². The van der Waals surface area contributed by atoms with Gasteiger partial charge in [-0.2, -0.15) is 0 Å². The summed E-state index contributed by atoms with van der Waals surface area (Å²) in [4.78, 5) is 27.7. The maximum Gasteiger partial charge on any atom is 0.253 e. The molecule has 5 rings (SSSR count). The van der Waals surface area contributed by atoms with E-state index in [1.165, 1.54) is 17.8 Å². The first-order chi connectivity index (χ1) is 18.3. The van der Waals surface area contributed by atoms with Crippen molar-refractivity contribution in [2.45, 2.75) is 18.1 Å². The number of nitrogens with one attached hydrogen (secondary N) is 1. The highest BCUT2D eigenvalue weighted by atomic mass is 35.5. The summed E-state index contributed by atoms with van der Waals surface area (Å²) in [5.41, 5.74) is 2.97. The first-order valence-electron chi connectivity index (χ1n) is 11.5. The Morgan fingerprint density at radius 1 is 0.921 bits per heavy atom. The smallest absolute Gasteiger partial charge is 0.253 e. The van der Waals surface area contributed by atoms with E-state index >= 15 is 0 Å². The van der Waals surface area contributed by atoms with Gasteiger partial charge < -0.3 is 10.2 Å². The molecule has 0 saturated carbocycles. The highest BCUT2D eigenvalue weighted by Gasteiger charge is 2.25. The van der Waals surface area contributed by atoms with Crippen LogP contribution >= 0.6 is 58.2 Å². The standard InChI is InChI=1S/C26H19Cl4N5O2S/c27-16-5-7-19(28)18(11-16)25(37)31-13-23-32-33-26(35(23)17-6-8-20(29)21(30)12-17)38-14-24(36)34-10-9-15-3-1-2-4-22(15)34/h1-8,11-12H,9-10,13-14H2,(H,31,37). The van der Waals surface area contributed by atoms with Gasteiger partial charge in [0.25, 0.3) is 5.91 Å². The molecule has 0 fully saturated rings. The van der Waals surface area contributed by atoms with Gasteiger partial charge in [-0.3, -0.25) is 14.2 Å². The van der Waals surface area contributed by atoms with Crippen molar-refractivity contribution in [3.63, 3.8) is 0 Å². The summed E-state index contributed by atoms with van der Waals surface area (Å²) in [6.45, 7) is 0.671. The molecule has 7 nitrogen and oxygen atoms in total. The van der Waals surface area contributed by atoms with Crippen molar-refractivity contribution < 1.29 is 9.59 Å². The summed E-state index contributed by atoms with van der Waals surface area (Å²) in [5, 5.41) is 13.3. The molecular weight excluding hydrogens is 588 g/mol. The molecule has 1 N–H and O–H groups in total. The molecule has 0 radical (unpaired) electrons. The summed E-state index contributed by atoms with van der Waals surface area (Å²) in [7, 11) is 0. The number of halogens is 4. The van der Waals surface area contributed by atoms with Crippen molar-refractivity contribution in [1.29, 1.82) is 0 Å². The lowest BCUT2D eigenvalue weighted by molar-refractivity contribution is -0.116. The Kier molecular flexibility index (Phi) is 8.16. The fraction of sp³-hybridized carbons (Fsp3) is 0.154. The fourth-order valence-corrected chi connectivity index (χ4v) is 5.63. The molecule has 1 aliphatic rings. The van der Waals surface area contributed by atoms with Crippen LogP contribution in [0.3, 0.4) is 0 Å². The van der Waals surface area contributed by atoms with Gasteiger partial charge in [0, 0.05) is 17.3 Å². The number of thioether (sulfide) groups is 1. The molecule has 0 saturated heterocycles. The van der Waals surface area contributed by atoms with Crippen LogP contribution in [0.1, 0.15) is 21.7 Å². The van der Waals surface area contributed by atoms with E-state index in [9.17, 15) is 9.59 Å². The van der Waals surface area contributed by atoms with Gasteiger partial charge >= 0.3 is 0 Å². The van der Waals surface area contributed by atoms with Crippen LogP contribution in [-0.2, 0) is 17.8 Å². The SMILES string of the molecule is O=C(NCc1nnc(SCC(=O)N2CCc3ccccc32)n1-c1ccc(Cl)c(Cl)c1)c1cc(Cl)ccc1Cl. The maximum atomic E-state index is 13.1. The summed E-state index contributed by atoms with van der Waals surface area (Å²) >= 11 is 25.9. The highest BCUT2D eigenvalue weighted by molar-refractivity contribution is 7.99. The average molecular weight is 607 g/mol. The lowest BCUT2D eigenvalue weighted by Gasteiger charge is -2.17. The molecule has 3 aromatic carbocycles. The second-order valence-corrected chi connectivity index (χ2v) is 11.0. The van der Waals surface area contributed by atoms with E-state index in [0.29, 0.717) is 38.3 Å². The molecule has 38 heavy (non-hydrogen) atoms. The summed E-state index contributed by atoms with van der Waals surface area (Å²) in [6, 6.07) is 17.6. The molecule has 0 spiro atoms. The second kappa shape index (κ2) is 11.6. The van der Waals surface area contributed by atoms with Crippen molar-refractivity contribution in [3.05, 3.63) is 97.7 Å². The zero-order chi connectivity index (χ0) is 26.8. The molecule has 0 bridgehead atoms. The van der Waals surface area contributed by atoms with Gasteiger partial charge in [-0.15, -0.1) is 10.2 Å². The molecule has 4 aromatic rings. The number of benzene rings is 3. The first-order valence-corrected chi connectivity index (χ1v) is 14.0. The summed E-state index contributed by atoms with van der Waals surface area (Å²) < 4.78 is 1.73. The normalized spacial score (nSPS) is 12.5. The predicted molar refractivity (Wildman–Crippen MR) is 152 cm³/mol. The van der Waals surface area contributed by atoms with E-state index in [1.54, 1.807) is 39.8 Å². The van der Waals surface area contributed by atoms with E-state index < -0.39 is 5.91 Å². The highest BCUT2D eigenvalue weighted by Crippen LogP contribution is 2.31. The van der Waals surface area contributed by atoms with Crippen LogP contribution in [0.15, 0.2) is 65.8 Å². The summed E-state index contributed by atoms with van der Waals surface area (Å²) in [6.07, 6.45) is 0.826. The number of aromatic nitrogens is 3. The minimum absolute atomic E-state index is 0.0307. The van der Waals surface area contributed by atoms with E-state index in [4.69, 9.17) is 46.4 Å². The average Bonchev–Trinajstić information content (AvgIpc) is 3.53. The van der Waals surface area contributed by atoms with Crippen LogP contribution in [0.4, 0.5) is 5.69 Å². The third-order valence-corrected chi connectivity index (χ3v) is 8.17. The van der Waals surface area contributed by atoms with Crippen LogP contribution < -0.4 is 10.2 Å². The van der Waals surface area contributed by atoms with Crippen LogP contribution in [0.2, 0.25) is 20.1 Å². The van der Waals surface area contributed by atoms with Gasteiger partial charge in [0.05, 0.1) is 38.6 Å². The maximum absolute atomic E-state index is 13.1. The number of hydrogen-bond donors (Lipinski definition) is 1. The zero-order valence-electron chi connectivity index (χ0n) is 19.6. The van der Waals surface area contributed by atoms with Crippen molar-refractivity contribution in [3.8, 4) is 5.69 Å². The number of rotatable bonds is 7. The van der Waals surface area contributed by atoms with Crippen molar-refractivity contribution in [2.75, 3.05) is 17.2 Å². The third kappa shape index (κ3) is 5.65. The predicted octanol–water partition coefficient (Wildman–Crippen LogP) is 6.49. The molecule has 2 heterocycles. The Bertz CT molecular complexity index is 1540. The molecular formula is C26H19Cl4N5O2S. The number of carbonyl (C=O) groups excluding carboxylic acids is 2. The van der Waals surface area contributed by atoms with Crippen LogP contribution in [0.5, 0.6) is 0 Å². The Morgan fingerprint density at radius 3 is 2.53 bits per heavy atom. The fourth-order valence-electron chi connectivity index (χ4n) is 4.12. The Balaban J connectivity index is 1.38. The van der Waals surface area contributed by atoms with Gasteiger partial charge in [0.2, 0.25) is 5.91 Å². The molecule has 12 heteroatoms. The Hall–Kier alpha value is -2.75. The molecule has 0 atom stereocenters. The van der Waals surface area contributed by atoms with Gasteiger partial charge in [-0.25, -0.2) is 0 Å². The number of hydrogen-bond acceptors (Lipinski definition) is 5.